The summed E-state index contributed by atoms with van der Waals surface area (Å²) >= 11 is 0. The van der Waals surface area contributed by atoms with E-state index in [1.54, 1.807) is 21.7 Å². The highest BCUT2D eigenvalue weighted by Crippen LogP contribution is 2.26. The van der Waals surface area contributed by atoms with Gasteiger partial charge >= 0.3 is 0 Å². The Labute approximate surface area is 145 Å². The second kappa shape index (κ2) is 7.18. The predicted octanol–water partition coefficient (Wildman–Crippen LogP) is 3.86. The van der Waals surface area contributed by atoms with E-state index >= 15 is 0 Å². The monoisotopic (exact) mass is 344 g/mol. The van der Waals surface area contributed by atoms with Crippen LogP contribution in [0, 0.1) is 20.8 Å². The molecule has 0 spiro atoms. The summed E-state index contributed by atoms with van der Waals surface area (Å²) in [5.74, 6) is 0. The van der Waals surface area contributed by atoms with Crippen molar-refractivity contribution >= 4 is 22.0 Å². The summed E-state index contributed by atoms with van der Waals surface area (Å²) in [6.45, 7) is 9.90. The molecule has 0 saturated carbocycles. The third kappa shape index (κ3) is 2.96. The number of hydrogen-bond donors (Lipinski definition) is 0. The summed E-state index contributed by atoms with van der Waals surface area (Å²) in [7, 11) is 0.412. The highest BCUT2D eigenvalue weighted by molar-refractivity contribution is 7.83. The van der Waals surface area contributed by atoms with Crippen LogP contribution in [0.25, 0.3) is 11.0 Å². The second-order valence-corrected chi connectivity index (χ2v) is 6.87. The van der Waals surface area contributed by atoms with Crippen LogP contribution >= 0.6 is 0 Å². The van der Waals surface area contributed by atoms with Crippen LogP contribution in [0.4, 0.5) is 0 Å². The molecule has 3 aromatic rings. The Kier molecular flexibility index (Phi) is 5.44. The van der Waals surface area contributed by atoms with E-state index in [0.717, 1.165) is 32.7 Å². The Hall–Kier alpha value is -2.14. The molecule has 4 nitrogen and oxygen atoms in total. The van der Waals surface area contributed by atoms with Crippen molar-refractivity contribution in [2.75, 3.05) is 0 Å². The van der Waals surface area contributed by atoms with E-state index in [1.807, 2.05) is 58.9 Å². The van der Waals surface area contributed by atoms with Gasteiger partial charge in [-0.15, -0.1) is 0 Å². The first-order valence-electron chi connectivity index (χ1n) is 8.08. The van der Waals surface area contributed by atoms with Crippen LogP contribution in [0.5, 0.6) is 0 Å². The summed E-state index contributed by atoms with van der Waals surface area (Å²) in [6.07, 6.45) is 0. The highest BCUT2D eigenvalue weighted by Gasteiger charge is 2.18. The molecule has 128 valence electrons. The van der Waals surface area contributed by atoms with Crippen molar-refractivity contribution in [2.24, 2.45) is 7.05 Å². The van der Waals surface area contributed by atoms with Crippen LogP contribution in [0.2, 0.25) is 0 Å². The van der Waals surface area contributed by atoms with Gasteiger partial charge in [-0.3, -0.25) is 8.77 Å². The largest absolute Gasteiger partial charge is 0.310 e. The van der Waals surface area contributed by atoms with E-state index in [1.165, 1.54) is 6.07 Å². The molecular weight excluding hydrogens is 320 g/mol. The number of rotatable bonds is 2. The molecule has 0 radical (unpaired) electrons. The van der Waals surface area contributed by atoms with Crippen LogP contribution in [-0.2, 0) is 18.0 Å². The van der Waals surface area contributed by atoms with Crippen LogP contribution < -0.4 is 5.56 Å². The molecular formula is C19H24N2O2S. The molecule has 2 heterocycles. The first-order chi connectivity index (χ1) is 11.4. The summed E-state index contributed by atoms with van der Waals surface area (Å²) < 4.78 is 16.4. The Morgan fingerprint density at radius 3 is 2.08 bits per heavy atom. The molecule has 1 unspecified atom stereocenters. The summed E-state index contributed by atoms with van der Waals surface area (Å²) in [5.41, 5.74) is 4.62. The van der Waals surface area contributed by atoms with Crippen molar-refractivity contribution < 1.29 is 4.21 Å². The normalized spacial score (nSPS) is 11.9. The molecule has 0 N–H and O–H groups in total. The molecule has 1 atom stereocenters. The maximum atomic E-state index is 13.0. The number of nitrogens with zero attached hydrogens (tertiary/aromatic N) is 2. The lowest BCUT2D eigenvalue weighted by Gasteiger charge is -2.08. The van der Waals surface area contributed by atoms with Gasteiger partial charge in [0.25, 0.3) is 5.56 Å². The van der Waals surface area contributed by atoms with Gasteiger partial charge in [-0.2, -0.15) is 0 Å². The third-order valence-corrected chi connectivity index (χ3v) is 5.58. The molecule has 0 aliphatic rings. The van der Waals surface area contributed by atoms with Gasteiger partial charge in [-0.25, -0.2) is 4.21 Å². The zero-order valence-corrected chi connectivity index (χ0v) is 15.9. The summed E-state index contributed by atoms with van der Waals surface area (Å²) in [6, 6.07) is 10.9. The lowest BCUT2D eigenvalue weighted by molar-refractivity contribution is 0.677. The van der Waals surface area contributed by atoms with Gasteiger partial charge in [0.15, 0.2) is 11.0 Å². The average molecular weight is 344 g/mol. The smallest absolute Gasteiger partial charge is 0.250 e. The van der Waals surface area contributed by atoms with E-state index in [2.05, 4.69) is 0 Å². The second-order valence-electron chi connectivity index (χ2n) is 5.53. The molecule has 0 aliphatic heterocycles. The van der Waals surface area contributed by atoms with Crippen molar-refractivity contribution in [3.8, 4) is 0 Å². The van der Waals surface area contributed by atoms with Crippen molar-refractivity contribution in [3.05, 3.63) is 63.6 Å². The lowest BCUT2D eigenvalue weighted by Crippen LogP contribution is -2.15. The van der Waals surface area contributed by atoms with Crippen molar-refractivity contribution in [1.29, 1.82) is 0 Å². The fraction of sp³-hybridized carbons (Fsp3) is 0.316. The first-order valence-corrected chi connectivity index (χ1v) is 9.19. The van der Waals surface area contributed by atoms with E-state index in [9.17, 15) is 9.00 Å². The SMILES string of the molecule is CC.Cc1ccc(S(=O)n2c(C)c(C)c3c2ccc(=O)n3C)cc1. The molecule has 0 aliphatic carbocycles. The molecule has 5 heteroatoms. The number of pyridine rings is 1. The van der Waals surface area contributed by atoms with Crippen LogP contribution in [0.15, 0.2) is 46.1 Å². The molecule has 0 bridgehead atoms. The zero-order chi connectivity index (χ0) is 18.0. The zero-order valence-electron chi connectivity index (χ0n) is 15.1. The predicted molar refractivity (Wildman–Crippen MR) is 101 cm³/mol. The third-order valence-electron chi connectivity index (χ3n) is 4.10. The molecule has 24 heavy (non-hydrogen) atoms. The quantitative estimate of drug-likeness (QED) is 0.708. The maximum Gasteiger partial charge on any atom is 0.250 e. The molecule has 3 rings (SSSR count). The minimum absolute atomic E-state index is 0.0612. The standard InChI is InChI=1S/C17H18N2O2S.C2H6/c1-11-5-7-14(8-6-11)22(21)19-13(3)12(2)17-15(19)9-10-16(20)18(17)4;1-2/h5-10H,1-4H3;1-2H3. The van der Waals surface area contributed by atoms with Gasteiger partial charge in [-0.05, 0) is 44.5 Å². The summed E-state index contributed by atoms with van der Waals surface area (Å²) in [4.78, 5) is 12.6. The van der Waals surface area contributed by atoms with Gasteiger partial charge in [0.05, 0.1) is 15.9 Å². The van der Waals surface area contributed by atoms with Crippen molar-refractivity contribution in [2.45, 2.75) is 39.5 Å². The fourth-order valence-electron chi connectivity index (χ4n) is 2.71. The Morgan fingerprint density at radius 1 is 0.917 bits per heavy atom. The topological polar surface area (TPSA) is 44.0 Å². The molecule has 0 amide bonds. The average Bonchev–Trinajstić information content (AvgIpc) is 2.85. The minimum atomic E-state index is -1.33. The van der Waals surface area contributed by atoms with E-state index < -0.39 is 11.0 Å². The van der Waals surface area contributed by atoms with E-state index in [0.29, 0.717) is 0 Å². The number of benzene rings is 1. The number of fused-ring (bicyclic) bond motifs is 1. The fourth-order valence-corrected chi connectivity index (χ4v) is 4.00. The number of aryl methyl sites for hydroxylation is 3. The van der Waals surface area contributed by atoms with Gasteiger partial charge in [0.1, 0.15) is 0 Å². The Balaban J connectivity index is 0.00000100. The van der Waals surface area contributed by atoms with Crippen LogP contribution in [0.1, 0.15) is 30.7 Å². The van der Waals surface area contributed by atoms with Gasteiger partial charge in [0, 0.05) is 18.8 Å². The minimum Gasteiger partial charge on any atom is -0.310 e. The van der Waals surface area contributed by atoms with Crippen LogP contribution in [0.3, 0.4) is 0 Å². The molecule has 0 saturated heterocycles. The van der Waals surface area contributed by atoms with Gasteiger partial charge in [-0.1, -0.05) is 31.5 Å². The van der Waals surface area contributed by atoms with Gasteiger partial charge in [0.2, 0.25) is 0 Å². The van der Waals surface area contributed by atoms with E-state index in [4.69, 9.17) is 0 Å². The van der Waals surface area contributed by atoms with E-state index in [-0.39, 0.29) is 5.56 Å². The highest BCUT2D eigenvalue weighted by atomic mass is 32.2. The molecule has 2 aromatic heterocycles. The molecule has 1 aromatic carbocycles. The number of aromatic nitrogens is 2. The maximum absolute atomic E-state index is 13.0. The van der Waals surface area contributed by atoms with Gasteiger partial charge < -0.3 is 4.57 Å². The number of hydrogen-bond acceptors (Lipinski definition) is 2. The Morgan fingerprint density at radius 2 is 1.50 bits per heavy atom. The Bertz CT molecular complexity index is 950. The van der Waals surface area contributed by atoms with Crippen molar-refractivity contribution in [3.63, 3.8) is 0 Å². The molecule has 0 fully saturated rings. The first kappa shape index (κ1) is 18.2. The van der Waals surface area contributed by atoms with Crippen molar-refractivity contribution in [1.82, 2.24) is 8.54 Å². The summed E-state index contributed by atoms with van der Waals surface area (Å²) in [5, 5.41) is 0. The van der Waals surface area contributed by atoms with Crippen LogP contribution in [-0.4, -0.2) is 12.7 Å². The lowest BCUT2D eigenvalue weighted by atomic mass is 10.2.